The van der Waals surface area contributed by atoms with Crippen molar-refractivity contribution in [3.05, 3.63) is 84.4 Å². The lowest BCUT2D eigenvalue weighted by atomic mass is 10.1. The van der Waals surface area contributed by atoms with Gasteiger partial charge in [0.15, 0.2) is 5.75 Å². The Kier molecular flexibility index (Phi) is 4.79. The number of benzene rings is 3. The van der Waals surface area contributed by atoms with Gasteiger partial charge in [0.05, 0.1) is 12.2 Å². The summed E-state index contributed by atoms with van der Waals surface area (Å²) in [6.07, 6.45) is 0.898. The first-order chi connectivity index (χ1) is 13.2. The maximum absolute atomic E-state index is 12.9. The Morgan fingerprint density at radius 2 is 1.70 bits per heavy atom. The summed E-state index contributed by atoms with van der Waals surface area (Å²) in [5.41, 5.74) is 3.05. The van der Waals surface area contributed by atoms with E-state index in [4.69, 9.17) is 4.74 Å². The number of carbonyl (C=O) groups is 1. The van der Waals surface area contributed by atoms with E-state index in [9.17, 15) is 4.79 Å². The van der Waals surface area contributed by atoms with E-state index in [2.05, 4.69) is 18.3 Å². The van der Waals surface area contributed by atoms with Crippen molar-refractivity contribution >= 4 is 17.3 Å². The summed E-state index contributed by atoms with van der Waals surface area (Å²) in [6, 6.07) is 25.6. The maximum atomic E-state index is 12.9. The smallest absolute Gasteiger partial charge is 0.246 e. The molecule has 4 heteroatoms. The molecule has 0 saturated heterocycles. The van der Waals surface area contributed by atoms with Crippen LogP contribution in [0, 0.1) is 0 Å². The molecule has 4 nitrogen and oxygen atoms in total. The lowest BCUT2D eigenvalue weighted by molar-refractivity contribution is -0.117. The van der Waals surface area contributed by atoms with E-state index in [1.807, 2.05) is 77.7 Å². The van der Waals surface area contributed by atoms with Crippen molar-refractivity contribution in [1.82, 2.24) is 0 Å². The second-order valence-electron chi connectivity index (χ2n) is 6.71. The topological polar surface area (TPSA) is 41.6 Å². The largest absolute Gasteiger partial charge is 0.455 e. The highest BCUT2D eigenvalue weighted by Crippen LogP contribution is 2.32. The van der Waals surface area contributed by atoms with E-state index >= 15 is 0 Å². The summed E-state index contributed by atoms with van der Waals surface area (Å²) < 4.78 is 5.96. The van der Waals surface area contributed by atoms with Crippen molar-refractivity contribution in [2.45, 2.75) is 19.4 Å². The molecule has 1 atom stereocenters. The van der Waals surface area contributed by atoms with Crippen molar-refractivity contribution < 1.29 is 9.53 Å². The van der Waals surface area contributed by atoms with Crippen LogP contribution in [0.15, 0.2) is 78.9 Å². The average molecular weight is 358 g/mol. The summed E-state index contributed by atoms with van der Waals surface area (Å²) in [6.45, 7) is 2.30. The molecule has 0 aromatic heterocycles. The summed E-state index contributed by atoms with van der Waals surface area (Å²) in [5.74, 6) is 1.52. The molecular weight excluding hydrogens is 336 g/mol. The molecule has 1 heterocycles. The minimum Gasteiger partial charge on any atom is -0.455 e. The van der Waals surface area contributed by atoms with Crippen molar-refractivity contribution in [3.8, 4) is 11.5 Å². The Hall–Kier alpha value is -3.27. The summed E-state index contributed by atoms with van der Waals surface area (Å²) in [7, 11) is 0. The van der Waals surface area contributed by atoms with Gasteiger partial charge in [-0.15, -0.1) is 0 Å². The quantitative estimate of drug-likeness (QED) is 0.707. The minimum absolute atomic E-state index is 0.0574. The Labute approximate surface area is 159 Å². The maximum Gasteiger partial charge on any atom is 0.246 e. The van der Waals surface area contributed by atoms with Crippen LogP contribution in [0.2, 0.25) is 0 Å². The first kappa shape index (κ1) is 17.2. The molecule has 0 saturated carbocycles. The third-order valence-corrected chi connectivity index (χ3v) is 4.76. The number of anilines is 2. The number of carbonyl (C=O) groups excluding carboxylic acids is 1. The zero-order valence-corrected chi connectivity index (χ0v) is 15.3. The van der Waals surface area contributed by atoms with E-state index in [-0.39, 0.29) is 18.5 Å². The van der Waals surface area contributed by atoms with E-state index < -0.39 is 0 Å². The number of amides is 1. The summed E-state index contributed by atoms with van der Waals surface area (Å²) in [5, 5.41) is 3.25. The van der Waals surface area contributed by atoms with Crippen LogP contribution in [-0.4, -0.2) is 18.5 Å². The number of nitrogens with one attached hydrogen (secondary N) is 1. The van der Waals surface area contributed by atoms with Crippen LogP contribution in [0.1, 0.15) is 12.5 Å². The molecule has 1 N–H and O–H groups in total. The van der Waals surface area contributed by atoms with Crippen molar-refractivity contribution in [2.24, 2.45) is 0 Å². The minimum atomic E-state index is 0.0574. The van der Waals surface area contributed by atoms with Gasteiger partial charge < -0.3 is 15.0 Å². The van der Waals surface area contributed by atoms with Crippen LogP contribution < -0.4 is 15.0 Å². The average Bonchev–Trinajstić information content (AvgIpc) is 3.03. The highest BCUT2D eigenvalue weighted by Gasteiger charge is 2.30. The monoisotopic (exact) mass is 358 g/mol. The van der Waals surface area contributed by atoms with Crippen LogP contribution in [0.3, 0.4) is 0 Å². The summed E-state index contributed by atoms with van der Waals surface area (Å²) >= 11 is 0. The highest BCUT2D eigenvalue weighted by atomic mass is 16.5. The fourth-order valence-electron chi connectivity index (χ4n) is 3.52. The number of para-hydroxylation sites is 4. The van der Waals surface area contributed by atoms with Crippen LogP contribution in [0.5, 0.6) is 11.5 Å². The molecule has 0 bridgehead atoms. The van der Waals surface area contributed by atoms with Gasteiger partial charge in [-0.3, -0.25) is 4.79 Å². The molecule has 1 aliphatic rings. The molecular formula is C23H22N2O2. The third-order valence-electron chi connectivity index (χ3n) is 4.76. The van der Waals surface area contributed by atoms with Gasteiger partial charge >= 0.3 is 0 Å². The van der Waals surface area contributed by atoms with Gasteiger partial charge in [-0.25, -0.2) is 0 Å². The number of hydrogen-bond acceptors (Lipinski definition) is 3. The number of ether oxygens (including phenoxy) is 1. The van der Waals surface area contributed by atoms with Gasteiger partial charge in [0.1, 0.15) is 5.75 Å². The van der Waals surface area contributed by atoms with Gasteiger partial charge in [0.2, 0.25) is 5.91 Å². The molecule has 1 unspecified atom stereocenters. The van der Waals surface area contributed by atoms with E-state index in [0.29, 0.717) is 5.75 Å². The van der Waals surface area contributed by atoms with Crippen LogP contribution in [0.4, 0.5) is 11.4 Å². The Morgan fingerprint density at radius 3 is 2.56 bits per heavy atom. The van der Waals surface area contributed by atoms with E-state index in [1.165, 1.54) is 5.56 Å². The molecule has 3 aromatic carbocycles. The predicted octanol–water partition coefficient (Wildman–Crippen LogP) is 4.87. The zero-order chi connectivity index (χ0) is 18.6. The molecule has 0 fully saturated rings. The van der Waals surface area contributed by atoms with Gasteiger partial charge in [-0.2, -0.15) is 0 Å². The molecule has 3 aromatic rings. The second kappa shape index (κ2) is 7.54. The van der Waals surface area contributed by atoms with Crippen molar-refractivity contribution in [3.63, 3.8) is 0 Å². The lowest BCUT2D eigenvalue weighted by Crippen LogP contribution is -2.39. The molecule has 0 radical (unpaired) electrons. The van der Waals surface area contributed by atoms with Gasteiger partial charge in [-0.1, -0.05) is 48.5 Å². The standard InChI is InChI=1S/C23H22N2O2/c1-17-15-18-9-5-7-13-21(18)25(17)23(26)16-24-20-12-6-8-14-22(20)27-19-10-3-2-4-11-19/h2-14,17,24H,15-16H2,1H3. The molecule has 0 aliphatic carbocycles. The molecule has 4 rings (SSSR count). The summed E-state index contributed by atoms with van der Waals surface area (Å²) in [4.78, 5) is 14.8. The lowest BCUT2D eigenvalue weighted by Gasteiger charge is -2.23. The Balaban J connectivity index is 1.47. The first-order valence-corrected chi connectivity index (χ1v) is 9.18. The molecule has 1 amide bonds. The molecule has 136 valence electrons. The van der Waals surface area contributed by atoms with Gasteiger partial charge in [0.25, 0.3) is 0 Å². The van der Waals surface area contributed by atoms with Gasteiger partial charge in [0, 0.05) is 11.7 Å². The van der Waals surface area contributed by atoms with Crippen LogP contribution >= 0.6 is 0 Å². The van der Waals surface area contributed by atoms with Gasteiger partial charge in [-0.05, 0) is 49.2 Å². The fraction of sp³-hybridized carbons (Fsp3) is 0.174. The number of fused-ring (bicyclic) bond motifs is 1. The normalized spacial score (nSPS) is 15.3. The number of rotatable bonds is 5. The SMILES string of the molecule is CC1Cc2ccccc2N1C(=O)CNc1ccccc1Oc1ccccc1. The number of hydrogen-bond donors (Lipinski definition) is 1. The van der Waals surface area contributed by atoms with Crippen molar-refractivity contribution in [2.75, 3.05) is 16.8 Å². The van der Waals surface area contributed by atoms with E-state index in [1.54, 1.807) is 0 Å². The highest BCUT2D eigenvalue weighted by molar-refractivity contribution is 5.98. The Bertz CT molecular complexity index is 940. The first-order valence-electron chi connectivity index (χ1n) is 9.18. The van der Waals surface area contributed by atoms with Crippen molar-refractivity contribution in [1.29, 1.82) is 0 Å². The predicted molar refractivity (Wildman–Crippen MR) is 109 cm³/mol. The number of nitrogens with zero attached hydrogens (tertiary/aromatic N) is 1. The fourth-order valence-corrected chi connectivity index (χ4v) is 3.52. The third kappa shape index (κ3) is 3.65. The van der Waals surface area contributed by atoms with Crippen LogP contribution in [0.25, 0.3) is 0 Å². The molecule has 1 aliphatic heterocycles. The Morgan fingerprint density at radius 1 is 1.00 bits per heavy atom. The van der Waals surface area contributed by atoms with Crippen LogP contribution in [-0.2, 0) is 11.2 Å². The zero-order valence-electron chi connectivity index (χ0n) is 15.3. The van der Waals surface area contributed by atoms with E-state index in [0.717, 1.165) is 23.5 Å². The second-order valence-corrected chi connectivity index (χ2v) is 6.71. The molecule has 0 spiro atoms. The molecule has 27 heavy (non-hydrogen) atoms.